The number of hydrogen-bond donors (Lipinski definition) is 1. The number of hydrogen-bond acceptors (Lipinski definition) is 3. The minimum Gasteiger partial charge on any atom is -0.354 e. The van der Waals surface area contributed by atoms with Crippen molar-refractivity contribution < 1.29 is 17.6 Å². The van der Waals surface area contributed by atoms with E-state index in [0.717, 1.165) is 35.6 Å². The van der Waals surface area contributed by atoms with Gasteiger partial charge in [0.2, 0.25) is 5.91 Å². The number of carbonyl (C=O) groups excluding carboxylic acids is 1. The maximum atomic E-state index is 13.4. The van der Waals surface area contributed by atoms with Gasteiger partial charge in [0.25, 0.3) is 10.0 Å². The Morgan fingerprint density at radius 3 is 2.27 bits per heavy atom. The third-order valence-corrected chi connectivity index (χ3v) is 6.93. The second kappa shape index (κ2) is 11.1. The normalized spacial score (nSPS) is 12.4. The molecule has 30 heavy (non-hydrogen) atoms. The van der Waals surface area contributed by atoms with Gasteiger partial charge in [0, 0.05) is 6.54 Å². The smallest absolute Gasteiger partial charge is 0.264 e. The molecule has 0 saturated carbocycles. The molecule has 0 fully saturated rings. The molecule has 0 aromatic heterocycles. The Labute approximate surface area is 179 Å². The van der Waals surface area contributed by atoms with Crippen LogP contribution in [0.15, 0.2) is 53.4 Å². The molecule has 7 heteroatoms. The van der Waals surface area contributed by atoms with Gasteiger partial charge in [-0.2, -0.15) is 0 Å². The zero-order valence-corrected chi connectivity index (χ0v) is 18.7. The summed E-state index contributed by atoms with van der Waals surface area (Å²) in [7, 11) is -3.99. The average molecular weight is 435 g/mol. The molecule has 0 spiro atoms. The first-order chi connectivity index (χ1) is 14.3. The molecule has 2 aromatic carbocycles. The van der Waals surface area contributed by atoms with Gasteiger partial charge < -0.3 is 5.32 Å². The predicted octanol–water partition coefficient (Wildman–Crippen LogP) is 4.66. The van der Waals surface area contributed by atoms with Crippen molar-refractivity contribution in [3.63, 3.8) is 0 Å². The van der Waals surface area contributed by atoms with E-state index < -0.39 is 15.8 Å². The number of amides is 1. The summed E-state index contributed by atoms with van der Waals surface area (Å²) < 4.78 is 40.9. The lowest BCUT2D eigenvalue weighted by Gasteiger charge is -2.25. The van der Waals surface area contributed by atoms with Gasteiger partial charge in [-0.1, -0.05) is 50.8 Å². The minimum absolute atomic E-state index is 0.0830. The van der Waals surface area contributed by atoms with Crippen LogP contribution in [-0.2, 0) is 14.8 Å². The zero-order chi connectivity index (χ0) is 22.1. The van der Waals surface area contributed by atoms with Crippen molar-refractivity contribution in [2.45, 2.75) is 51.3 Å². The number of nitrogens with zero attached hydrogens (tertiary/aromatic N) is 1. The Balaban J connectivity index is 2.23. The number of sulfonamides is 1. The lowest BCUT2D eigenvalue weighted by Crippen LogP contribution is -2.42. The standard InChI is InChI=1S/C23H31FN2O3S/c1-4-6-7-19(5-2)16-25-23(27)17-26(21-12-10-20(24)11-13-21)30(28,29)22-14-8-18(3)9-15-22/h8-15,19H,4-7,16-17H2,1-3H3,(H,25,27)/t19-/m0/s1. The largest absolute Gasteiger partial charge is 0.354 e. The Kier molecular flexibility index (Phi) is 8.84. The van der Waals surface area contributed by atoms with Crippen molar-refractivity contribution >= 4 is 21.6 Å². The van der Waals surface area contributed by atoms with Crippen LogP contribution in [0.5, 0.6) is 0 Å². The van der Waals surface area contributed by atoms with E-state index in [1.165, 1.54) is 36.4 Å². The fourth-order valence-electron chi connectivity index (χ4n) is 3.15. The van der Waals surface area contributed by atoms with Crippen LogP contribution >= 0.6 is 0 Å². The second-order valence-electron chi connectivity index (χ2n) is 7.52. The predicted molar refractivity (Wildman–Crippen MR) is 118 cm³/mol. The molecule has 0 aliphatic heterocycles. The molecule has 0 heterocycles. The van der Waals surface area contributed by atoms with Crippen molar-refractivity contribution in [3.05, 3.63) is 59.9 Å². The van der Waals surface area contributed by atoms with Gasteiger partial charge in [-0.3, -0.25) is 9.10 Å². The molecule has 1 N–H and O–H groups in total. The third kappa shape index (κ3) is 6.55. The van der Waals surface area contributed by atoms with Gasteiger partial charge in [-0.25, -0.2) is 12.8 Å². The summed E-state index contributed by atoms with van der Waals surface area (Å²) in [6, 6.07) is 11.5. The lowest BCUT2D eigenvalue weighted by atomic mass is 9.99. The number of anilines is 1. The first-order valence-corrected chi connectivity index (χ1v) is 11.8. The zero-order valence-electron chi connectivity index (χ0n) is 17.9. The quantitative estimate of drug-likeness (QED) is 0.559. The van der Waals surface area contributed by atoms with Gasteiger partial charge in [0.1, 0.15) is 12.4 Å². The van der Waals surface area contributed by atoms with E-state index in [0.29, 0.717) is 12.5 Å². The fourth-order valence-corrected chi connectivity index (χ4v) is 4.57. The van der Waals surface area contributed by atoms with E-state index in [1.807, 2.05) is 6.92 Å². The molecule has 0 saturated heterocycles. The molecule has 0 bridgehead atoms. The summed E-state index contributed by atoms with van der Waals surface area (Å²) in [4.78, 5) is 12.7. The number of aryl methyl sites for hydroxylation is 1. The maximum Gasteiger partial charge on any atom is 0.264 e. The van der Waals surface area contributed by atoms with Gasteiger partial charge >= 0.3 is 0 Å². The summed E-state index contributed by atoms with van der Waals surface area (Å²) in [5.74, 6) is -0.496. The van der Waals surface area contributed by atoms with Gasteiger partial charge in [0.15, 0.2) is 0 Å². The van der Waals surface area contributed by atoms with Crippen LogP contribution in [0.4, 0.5) is 10.1 Å². The SMILES string of the molecule is CCCC[C@H](CC)CNC(=O)CN(c1ccc(F)cc1)S(=O)(=O)c1ccc(C)cc1. The number of rotatable bonds is 11. The van der Waals surface area contributed by atoms with Crippen molar-refractivity contribution in [1.29, 1.82) is 0 Å². The number of carbonyl (C=O) groups is 1. The summed E-state index contributed by atoms with van der Waals surface area (Å²) >= 11 is 0. The molecule has 1 amide bonds. The van der Waals surface area contributed by atoms with Crippen LogP contribution in [-0.4, -0.2) is 27.4 Å². The second-order valence-corrected chi connectivity index (χ2v) is 9.38. The number of unbranched alkanes of at least 4 members (excludes halogenated alkanes) is 1. The Hall–Kier alpha value is -2.41. The van der Waals surface area contributed by atoms with Crippen molar-refractivity contribution in [2.75, 3.05) is 17.4 Å². The third-order valence-electron chi connectivity index (χ3n) is 5.14. The molecule has 0 radical (unpaired) electrons. The lowest BCUT2D eigenvalue weighted by molar-refractivity contribution is -0.119. The van der Waals surface area contributed by atoms with E-state index >= 15 is 0 Å². The Bertz CT molecular complexity index is 912. The van der Waals surface area contributed by atoms with Crippen LogP contribution in [0.3, 0.4) is 0 Å². The van der Waals surface area contributed by atoms with Gasteiger partial charge in [0.05, 0.1) is 10.6 Å². The molecule has 5 nitrogen and oxygen atoms in total. The highest BCUT2D eigenvalue weighted by Crippen LogP contribution is 2.24. The fraction of sp³-hybridized carbons (Fsp3) is 0.435. The summed E-state index contributed by atoms with van der Waals surface area (Å²) in [5, 5.41) is 2.87. The highest BCUT2D eigenvalue weighted by Gasteiger charge is 2.27. The highest BCUT2D eigenvalue weighted by atomic mass is 32.2. The van der Waals surface area contributed by atoms with E-state index in [1.54, 1.807) is 12.1 Å². The number of benzene rings is 2. The summed E-state index contributed by atoms with van der Waals surface area (Å²) in [5.41, 5.74) is 1.17. The molecule has 164 valence electrons. The van der Waals surface area contributed by atoms with Gasteiger partial charge in [-0.05, 0) is 55.7 Å². The van der Waals surface area contributed by atoms with Crippen molar-refractivity contribution in [3.8, 4) is 0 Å². The maximum absolute atomic E-state index is 13.4. The van der Waals surface area contributed by atoms with Crippen molar-refractivity contribution in [2.24, 2.45) is 5.92 Å². The Morgan fingerprint density at radius 2 is 1.70 bits per heavy atom. The summed E-state index contributed by atoms with van der Waals surface area (Å²) in [6.07, 6.45) is 4.16. The molecule has 0 aliphatic rings. The van der Waals surface area contributed by atoms with Crippen LogP contribution in [0.1, 0.15) is 45.1 Å². The molecule has 0 unspecified atom stereocenters. The monoisotopic (exact) mass is 434 g/mol. The number of nitrogens with one attached hydrogen (secondary N) is 1. The minimum atomic E-state index is -3.99. The first kappa shape index (κ1) is 23.9. The van der Waals surface area contributed by atoms with E-state index in [-0.39, 0.29) is 23.0 Å². The van der Waals surface area contributed by atoms with Crippen LogP contribution in [0, 0.1) is 18.7 Å². The average Bonchev–Trinajstić information content (AvgIpc) is 2.73. The van der Waals surface area contributed by atoms with Crippen LogP contribution in [0.2, 0.25) is 0 Å². The topological polar surface area (TPSA) is 66.5 Å². The van der Waals surface area contributed by atoms with E-state index in [9.17, 15) is 17.6 Å². The molecule has 2 aromatic rings. The molecule has 2 rings (SSSR count). The Morgan fingerprint density at radius 1 is 1.07 bits per heavy atom. The highest BCUT2D eigenvalue weighted by molar-refractivity contribution is 7.92. The van der Waals surface area contributed by atoms with Crippen molar-refractivity contribution in [1.82, 2.24) is 5.32 Å². The number of halogens is 1. The van der Waals surface area contributed by atoms with Gasteiger partial charge in [-0.15, -0.1) is 0 Å². The molecular formula is C23H31FN2O3S. The molecular weight excluding hydrogens is 403 g/mol. The summed E-state index contributed by atoms with van der Waals surface area (Å²) in [6.45, 7) is 6.22. The van der Waals surface area contributed by atoms with Crippen LogP contribution in [0.25, 0.3) is 0 Å². The first-order valence-electron chi connectivity index (χ1n) is 10.4. The molecule has 1 atom stereocenters. The van der Waals surface area contributed by atoms with E-state index in [4.69, 9.17) is 0 Å². The molecule has 0 aliphatic carbocycles. The van der Waals surface area contributed by atoms with Crippen LogP contribution < -0.4 is 9.62 Å². The van der Waals surface area contributed by atoms with E-state index in [2.05, 4.69) is 19.2 Å².